The Morgan fingerprint density at radius 3 is 2.43 bits per heavy atom. The summed E-state index contributed by atoms with van der Waals surface area (Å²) in [6.07, 6.45) is 1.18. The standard InChI is InChI=1S/C10H21NO3/c1-5-10(11-3,8-13-4)7-9(12)14-6-2/h11H,5-8H2,1-4H3. The number of carbonyl (C=O) groups is 1. The van der Waals surface area contributed by atoms with Crippen LogP contribution < -0.4 is 5.32 Å². The van der Waals surface area contributed by atoms with Crippen LogP contribution in [0.25, 0.3) is 0 Å². The fourth-order valence-electron chi connectivity index (χ4n) is 1.38. The Hall–Kier alpha value is -0.610. The van der Waals surface area contributed by atoms with Crippen LogP contribution in [-0.4, -0.2) is 38.9 Å². The molecule has 0 saturated heterocycles. The number of rotatable bonds is 7. The molecule has 0 heterocycles. The minimum Gasteiger partial charge on any atom is -0.466 e. The van der Waals surface area contributed by atoms with Gasteiger partial charge >= 0.3 is 5.97 Å². The zero-order chi connectivity index (χ0) is 11.0. The Kier molecular flexibility index (Phi) is 6.49. The second-order valence-corrected chi connectivity index (χ2v) is 3.30. The van der Waals surface area contributed by atoms with E-state index in [0.29, 0.717) is 19.6 Å². The Balaban J connectivity index is 4.26. The normalized spacial score (nSPS) is 14.9. The number of likely N-dealkylation sites (N-methyl/N-ethyl adjacent to an activating group) is 1. The predicted molar refractivity (Wildman–Crippen MR) is 55.2 cm³/mol. The van der Waals surface area contributed by atoms with Gasteiger partial charge in [0.05, 0.1) is 25.2 Å². The van der Waals surface area contributed by atoms with Crippen molar-refractivity contribution in [1.29, 1.82) is 0 Å². The molecule has 1 N–H and O–H groups in total. The molecule has 4 nitrogen and oxygen atoms in total. The Labute approximate surface area is 86.0 Å². The lowest BCUT2D eigenvalue weighted by Gasteiger charge is -2.30. The summed E-state index contributed by atoms with van der Waals surface area (Å²) in [7, 11) is 3.47. The third kappa shape index (κ3) is 4.07. The van der Waals surface area contributed by atoms with E-state index in [9.17, 15) is 4.79 Å². The smallest absolute Gasteiger partial charge is 0.307 e. The lowest BCUT2D eigenvalue weighted by Crippen LogP contribution is -2.48. The molecular weight excluding hydrogens is 182 g/mol. The zero-order valence-corrected chi connectivity index (χ0v) is 9.55. The van der Waals surface area contributed by atoms with E-state index in [2.05, 4.69) is 5.32 Å². The molecule has 0 bridgehead atoms. The summed E-state index contributed by atoms with van der Waals surface area (Å²) in [6, 6.07) is 0. The van der Waals surface area contributed by atoms with Crippen LogP contribution in [0.3, 0.4) is 0 Å². The predicted octanol–water partition coefficient (Wildman–Crippen LogP) is 0.954. The van der Waals surface area contributed by atoms with E-state index in [4.69, 9.17) is 9.47 Å². The van der Waals surface area contributed by atoms with Crippen molar-refractivity contribution < 1.29 is 14.3 Å². The van der Waals surface area contributed by atoms with Crippen molar-refractivity contribution in [3.05, 3.63) is 0 Å². The van der Waals surface area contributed by atoms with Gasteiger partial charge in [0, 0.05) is 7.11 Å². The maximum atomic E-state index is 11.3. The highest BCUT2D eigenvalue weighted by molar-refractivity contribution is 5.70. The molecule has 0 aliphatic heterocycles. The summed E-state index contributed by atoms with van der Waals surface area (Å²) in [4.78, 5) is 11.3. The van der Waals surface area contributed by atoms with Gasteiger partial charge < -0.3 is 14.8 Å². The number of methoxy groups -OCH3 is 1. The van der Waals surface area contributed by atoms with Crippen molar-refractivity contribution in [1.82, 2.24) is 5.32 Å². The van der Waals surface area contributed by atoms with Gasteiger partial charge in [-0.25, -0.2) is 0 Å². The SMILES string of the molecule is CCOC(=O)CC(CC)(COC)NC. The molecule has 1 atom stereocenters. The second-order valence-electron chi connectivity index (χ2n) is 3.30. The molecule has 0 saturated carbocycles. The average molecular weight is 203 g/mol. The highest BCUT2D eigenvalue weighted by Crippen LogP contribution is 2.16. The molecule has 0 aromatic heterocycles. The maximum Gasteiger partial charge on any atom is 0.307 e. The highest BCUT2D eigenvalue weighted by atomic mass is 16.5. The zero-order valence-electron chi connectivity index (χ0n) is 9.55. The Morgan fingerprint density at radius 1 is 1.43 bits per heavy atom. The van der Waals surface area contributed by atoms with Crippen molar-refractivity contribution in [2.75, 3.05) is 27.4 Å². The minimum absolute atomic E-state index is 0.180. The minimum atomic E-state index is -0.291. The molecule has 4 heteroatoms. The molecule has 0 aliphatic rings. The van der Waals surface area contributed by atoms with E-state index >= 15 is 0 Å². The number of hydrogen-bond donors (Lipinski definition) is 1. The second kappa shape index (κ2) is 6.79. The van der Waals surface area contributed by atoms with Gasteiger partial charge in [-0.3, -0.25) is 4.79 Å². The van der Waals surface area contributed by atoms with Crippen LogP contribution in [0.2, 0.25) is 0 Å². The molecule has 14 heavy (non-hydrogen) atoms. The van der Waals surface area contributed by atoms with Gasteiger partial charge in [0.15, 0.2) is 0 Å². The van der Waals surface area contributed by atoms with Gasteiger partial charge in [-0.1, -0.05) is 6.92 Å². The quantitative estimate of drug-likeness (QED) is 0.626. The average Bonchev–Trinajstić information content (AvgIpc) is 2.17. The van der Waals surface area contributed by atoms with Crippen molar-refractivity contribution in [3.63, 3.8) is 0 Å². The maximum absolute atomic E-state index is 11.3. The third-order valence-corrected chi connectivity index (χ3v) is 2.42. The van der Waals surface area contributed by atoms with Crippen molar-refractivity contribution in [2.45, 2.75) is 32.2 Å². The molecule has 84 valence electrons. The third-order valence-electron chi connectivity index (χ3n) is 2.42. The number of carbonyl (C=O) groups excluding carboxylic acids is 1. The fraction of sp³-hybridized carbons (Fsp3) is 0.900. The summed E-state index contributed by atoms with van der Waals surface area (Å²) in [5, 5.41) is 3.13. The van der Waals surface area contributed by atoms with Crippen LogP contribution in [0, 0.1) is 0 Å². The van der Waals surface area contributed by atoms with Gasteiger partial charge in [-0.15, -0.1) is 0 Å². The fourth-order valence-corrected chi connectivity index (χ4v) is 1.38. The first-order valence-corrected chi connectivity index (χ1v) is 4.97. The van der Waals surface area contributed by atoms with Crippen molar-refractivity contribution in [3.8, 4) is 0 Å². The van der Waals surface area contributed by atoms with Crippen LogP contribution in [0.15, 0.2) is 0 Å². The molecule has 0 rings (SSSR count). The van der Waals surface area contributed by atoms with Crippen LogP contribution in [0.5, 0.6) is 0 Å². The molecule has 0 amide bonds. The van der Waals surface area contributed by atoms with E-state index in [1.165, 1.54) is 0 Å². The summed E-state index contributed by atoms with van der Waals surface area (Å²) >= 11 is 0. The number of ether oxygens (including phenoxy) is 2. The Morgan fingerprint density at radius 2 is 2.07 bits per heavy atom. The summed E-state index contributed by atoms with van der Waals surface area (Å²) in [5.74, 6) is -0.180. The lowest BCUT2D eigenvalue weighted by atomic mass is 9.93. The molecular formula is C10H21NO3. The van der Waals surface area contributed by atoms with Gasteiger partial charge in [0.25, 0.3) is 0 Å². The largest absolute Gasteiger partial charge is 0.466 e. The molecule has 0 spiro atoms. The van der Waals surface area contributed by atoms with Crippen LogP contribution in [0.4, 0.5) is 0 Å². The van der Waals surface area contributed by atoms with Gasteiger partial charge in [0.1, 0.15) is 0 Å². The number of esters is 1. The van der Waals surface area contributed by atoms with E-state index in [1.54, 1.807) is 14.0 Å². The molecule has 0 aromatic carbocycles. The van der Waals surface area contributed by atoms with Crippen LogP contribution in [0.1, 0.15) is 26.7 Å². The van der Waals surface area contributed by atoms with Crippen molar-refractivity contribution in [2.24, 2.45) is 0 Å². The van der Waals surface area contributed by atoms with E-state index in [-0.39, 0.29) is 11.5 Å². The molecule has 0 radical (unpaired) electrons. The number of hydrogen-bond acceptors (Lipinski definition) is 4. The summed E-state index contributed by atoms with van der Waals surface area (Å²) in [5.41, 5.74) is -0.291. The first-order valence-electron chi connectivity index (χ1n) is 4.97. The van der Waals surface area contributed by atoms with Crippen LogP contribution in [-0.2, 0) is 14.3 Å². The molecule has 0 aromatic rings. The Bertz CT molecular complexity index is 167. The van der Waals surface area contributed by atoms with Crippen LogP contribution >= 0.6 is 0 Å². The van der Waals surface area contributed by atoms with Gasteiger partial charge in [0.2, 0.25) is 0 Å². The number of nitrogens with one attached hydrogen (secondary N) is 1. The molecule has 0 fully saturated rings. The van der Waals surface area contributed by atoms with Gasteiger partial charge in [-0.05, 0) is 20.4 Å². The molecule has 1 unspecified atom stereocenters. The summed E-state index contributed by atoms with van der Waals surface area (Å²) < 4.78 is 10.0. The first kappa shape index (κ1) is 13.4. The van der Waals surface area contributed by atoms with E-state index in [1.807, 2.05) is 14.0 Å². The molecule has 0 aliphatic carbocycles. The monoisotopic (exact) mass is 203 g/mol. The van der Waals surface area contributed by atoms with E-state index < -0.39 is 0 Å². The highest BCUT2D eigenvalue weighted by Gasteiger charge is 2.29. The summed E-state index contributed by atoms with van der Waals surface area (Å²) in [6.45, 7) is 4.77. The van der Waals surface area contributed by atoms with Gasteiger partial charge in [-0.2, -0.15) is 0 Å². The van der Waals surface area contributed by atoms with E-state index in [0.717, 1.165) is 6.42 Å². The first-order chi connectivity index (χ1) is 6.64. The van der Waals surface area contributed by atoms with Crippen molar-refractivity contribution >= 4 is 5.97 Å². The topological polar surface area (TPSA) is 47.6 Å². The lowest BCUT2D eigenvalue weighted by molar-refractivity contribution is -0.145.